The molecular formula is C14H16FN5O. The molecule has 0 spiro atoms. The highest BCUT2D eigenvalue weighted by Crippen LogP contribution is 2.19. The second-order valence-corrected chi connectivity index (χ2v) is 5.03. The molecule has 6 nitrogen and oxygen atoms in total. The van der Waals surface area contributed by atoms with Crippen LogP contribution in [-0.2, 0) is 17.9 Å². The quantitative estimate of drug-likeness (QED) is 0.828. The number of nitrogens with two attached hydrogens (primary N) is 1. The van der Waals surface area contributed by atoms with Crippen LogP contribution in [0.25, 0.3) is 0 Å². The van der Waals surface area contributed by atoms with Gasteiger partial charge in [0.1, 0.15) is 11.6 Å². The van der Waals surface area contributed by atoms with Gasteiger partial charge in [-0.15, -0.1) is 0 Å². The summed E-state index contributed by atoms with van der Waals surface area (Å²) in [4.78, 5) is 18.3. The number of fused-ring (bicyclic) bond motifs is 1. The minimum atomic E-state index is -0.423. The molecule has 1 amide bonds. The number of hydrogen-bond donors (Lipinski definition) is 2. The summed E-state index contributed by atoms with van der Waals surface area (Å²) >= 11 is 0. The first-order chi connectivity index (χ1) is 10.1. The van der Waals surface area contributed by atoms with Crippen LogP contribution in [0.5, 0.6) is 0 Å². The Morgan fingerprint density at radius 1 is 1.43 bits per heavy atom. The highest BCUT2D eigenvalue weighted by Gasteiger charge is 2.19. The minimum Gasteiger partial charge on any atom is -0.397 e. The molecule has 0 bridgehead atoms. The van der Waals surface area contributed by atoms with E-state index in [9.17, 15) is 9.18 Å². The van der Waals surface area contributed by atoms with Gasteiger partial charge in [-0.3, -0.25) is 9.69 Å². The Morgan fingerprint density at radius 2 is 2.29 bits per heavy atom. The predicted octanol–water partition coefficient (Wildman–Crippen LogP) is 1.06. The average Bonchev–Trinajstić information content (AvgIpc) is 2.89. The normalized spacial score (nSPS) is 14.7. The summed E-state index contributed by atoms with van der Waals surface area (Å²) in [5.41, 5.74) is 6.32. The molecule has 1 aliphatic rings. The largest absolute Gasteiger partial charge is 0.397 e. The fraction of sp³-hybridized carbons (Fsp3) is 0.286. The molecule has 2 heterocycles. The lowest BCUT2D eigenvalue weighted by Crippen LogP contribution is -2.39. The summed E-state index contributed by atoms with van der Waals surface area (Å²) in [6.07, 6.45) is 3.70. The van der Waals surface area contributed by atoms with Gasteiger partial charge in [-0.2, -0.15) is 0 Å². The van der Waals surface area contributed by atoms with Gasteiger partial charge in [0.05, 0.1) is 24.5 Å². The fourth-order valence-corrected chi connectivity index (χ4v) is 2.40. The number of carbonyl (C=O) groups excluding carboxylic acids is 1. The van der Waals surface area contributed by atoms with E-state index in [-0.39, 0.29) is 18.1 Å². The van der Waals surface area contributed by atoms with Crippen molar-refractivity contribution >= 4 is 17.3 Å². The lowest BCUT2D eigenvalue weighted by Gasteiger charge is -2.26. The number of nitrogen functional groups attached to an aromatic ring is 1. The molecule has 1 aliphatic heterocycles. The molecule has 0 radical (unpaired) electrons. The van der Waals surface area contributed by atoms with Gasteiger partial charge in [-0.05, 0) is 18.2 Å². The van der Waals surface area contributed by atoms with E-state index in [2.05, 4.69) is 14.9 Å². The van der Waals surface area contributed by atoms with Crippen LogP contribution in [0, 0.1) is 5.82 Å². The smallest absolute Gasteiger partial charge is 0.238 e. The number of nitrogens with one attached hydrogen (secondary N) is 1. The maximum Gasteiger partial charge on any atom is 0.238 e. The molecule has 7 heteroatoms. The third-order valence-electron chi connectivity index (χ3n) is 3.48. The van der Waals surface area contributed by atoms with Crippen LogP contribution in [0.3, 0.4) is 0 Å². The Labute approximate surface area is 121 Å². The first-order valence-electron chi connectivity index (χ1n) is 6.69. The van der Waals surface area contributed by atoms with Gasteiger partial charge in [0.25, 0.3) is 0 Å². The van der Waals surface area contributed by atoms with E-state index in [1.165, 1.54) is 18.2 Å². The van der Waals surface area contributed by atoms with Crippen molar-refractivity contribution in [2.24, 2.45) is 0 Å². The third-order valence-corrected chi connectivity index (χ3v) is 3.48. The van der Waals surface area contributed by atoms with Crippen LogP contribution in [0.2, 0.25) is 0 Å². The Hall–Kier alpha value is -2.41. The maximum atomic E-state index is 13.0. The van der Waals surface area contributed by atoms with Crippen LogP contribution in [-0.4, -0.2) is 33.4 Å². The summed E-state index contributed by atoms with van der Waals surface area (Å²) in [5, 5.41) is 2.70. The van der Waals surface area contributed by atoms with Crippen molar-refractivity contribution in [3.63, 3.8) is 0 Å². The van der Waals surface area contributed by atoms with E-state index < -0.39 is 5.82 Å². The molecule has 0 unspecified atom stereocenters. The topological polar surface area (TPSA) is 76.2 Å². The molecule has 110 valence electrons. The SMILES string of the molecule is Nc1cc(F)ccc1NC(=O)CN1CCn2ccnc2C1. The Morgan fingerprint density at radius 3 is 3.10 bits per heavy atom. The van der Waals surface area contributed by atoms with Crippen molar-refractivity contribution < 1.29 is 9.18 Å². The van der Waals surface area contributed by atoms with Crippen LogP contribution < -0.4 is 11.1 Å². The number of rotatable bonds is 3. The lowest BCUT2D eigenvalue weighted by atomic mass is 10.2. The van der Waals surface area contributed by atoms with Crippen LogP contribution in [0.4, 0.5) is 15.8 Å². The lowest BCUT2D eigenvalue weighted by molar-refractivity contribution is -0.117. The first-order valence-corrected chi connectivity index (χ1v) is 6.69. The molecule has 1 aromatic heterocycles. The van der Waals surface area contributed by atoms with E-state index in [4.69, 9.17) is 5.73 Å². The molecule has 0 saturated heterocycles. The number of hydrogen-bond acceptors (Lipinski definition) is 4. The molecule has 0 atom stereocenters. The summed E-state index contributed by atoms with van der Waals surface area (Å²) in [5.74, 6) is 0.358. The van der Waals surface area contributed by atoms with Crippen LogP contribution in [0.15, 0.2) is 30.6 Å². The summed E-state index contributed by atoms with van der Waals surface area (Å²) in [6.45, 7) is 2.50. The summed E-state index contributed by atoms with van der Waals surface area (Å²) < 4.78 is 15.0. The van der Waals surface area contributed by atoms with E-state index in [0.29, 0.717) is 12.2 Å². The van der Waals surface area contributed by atoms with Gasteiger partial charge in [0.2, 0.25) is 5.91 Å². The van der Waals surface area contributed by atoms with Gasteiger partial charge in [-0.25, -0.2) is 9.37 Å². The Bertz CT molecular complexity index is 669. The number of halogens is 1. The summed E-state index contributed by atoms with van der Waals surface area (Å²) in [6, 6.07) is 3.92. The van der Waals surface area contributed by atoms with Crippen molar-refractivity contribution in [1.29, 1.82) is 0 Å². The van der Waals surface area contributed by atoms with Crippen molar-refractivity contribution in [2.75, 3.05) is 24.1 Å². The zero-order valence-electron chi connectivity index (χ0n) is 11.4. The number of aromatic nitrogens is 2. The molecule has 2 aromatic rings. The van der Waals surface area contributed by atoms with Gasteiger partial charge in [0.15, 0.2) is 0 Å². The van der Waals surface area contributed by atoms with Gasteiger partial charge in [0, 0.05) is 25.5 Å². The van der Waals surface area contributed by atoms with Crippen molar-refractivity contribution in [1.82, 2.24) is 14.5 Å². The number of imidazole rings is 1. The van der Waals surface area contributed by atoms with Crippen molar-refractivity contribution in [3.05, 3.63) is 42.2 Å². The zero-order chi connectivity index (χ0) is 14.8. The van der Waals surface area contributed by atoms with Crippen LogP contribution >= 0.6 is 0 Å². The van der Waals surface area contributed by atoms with Crippen molar-refractivity contribution in [2.45, 2.75) is 13.1 Å². The third kappa shape index (κ3) is 3.03. The second-order valence-electron chi connectivity index (χ2n) is 5.03. The predicted molar refractivity (Wildman–Crippen MR) is 76.9 cm³/mol. The first kappa shape index (κ1) is 13.6. The van der Waals surface area contributed by atoms with Gasteiger partial charge >= 0.3 is 0 Å². The molecule has 0 aliphatic carbocycles. The number of anilines is 2. The molecule has 1 aromatic carbocycles. The zero-order valence-corrected chi connectivity index (χ0v) is 11.4. The van der Waals surface area contributed by atoms with Gasteiger partial charge in [-0.1, -0.05) is 0 Å². The standard InChI is InChI=1S/C14H16FN5O/c15-10-1-2-12(11(16)7-10)18-14(21)9-19-5-6-20-4-3-17-13(20)8-19/h1-4,7H,5-6,8-9,16H2,(H,18,21). The van der Waals surface area contributed by atoms with E-state index in [0.717, 1.165) is 18.9 Å². The van der Waals surface area contributed by atoms with Crippen LogP contribution in [0.1, 0.15) is 5.82 Å². The average molecular weight is 289 g/mol. The number of amides is 1. The highest BCUT2D eigenvalue weighted by atomic mass is 19.1. The fourth-order valence-electron chi connectivity index (χ4n) is 2.40. The molecule has 0 saturated carbocycles. The minimum absolute atomic E-state index is 0.173. The monoisotopic (exact) mass is 289 g/mol. The van der Waals surface area contributed by atoms with Crippen molar-refractivity contribution in [3.8, 4) is 0 Å². The Balaban J connectivity index is 1.60. The molecule has 3 rings (SSSR count). The number of nitrogens with zero attached hydrogens (tertiary/aromatic N) is 3. The number of carbonyl (C=O) groups is 1. The van der Waals surface area contributed by atoms with E-state index in [1.807, 2.05) is 11.1 Å². The van der Waals surface area contributed by atoms with Gasteiger partial charge < -0.3 is 15.6 Å². The molecular weight excluding hydrogens is 273 g/mol. The molecule has 0 fully saturated rings. The Kier molecular flexibility index (Phi) is 3.57. The number of benzene rings is 1. The van der Waals surface area contributed by atoms with E-state index >= 15 is 0 Å². The maximum absolute atomic E-state index is 13.0. The summed E-state index contributed by atoms with van der Waals surface area (Å²) in [7, 11) is 0. The van der Waals surface area contributed by atoms with E-state index in [1.54, 1.807) is 6.20 Å². The second kappa shape index (κ2) is 5.53. The molecule has 3 N–H and O–H groups in total. The highest BCUT2D eigenvalue weighted by molar-refractivity contribution is 5.95. The molecule has 21 heavy (non-hydrogen) atoms.